The molecular weight excluding hydrogens is 333 g/mol. The Morgan fingerprint density at radius 2 is 2.09 bits per heavy atom. The Morgan fingerprint density at radius 3 is 2.70 bits per heavy atom. The van der Waals surface area contributed by atoms with Crippen LogP contribution in [-0.2, 0) is 4.79 Å². The number of benzene rings is 1. The van der Waals surface area contributed by atoms with E-state index in [1.54, 1.807) is 13.1 Å². The molecule has 0 aromatic heterocycles. The molecule has 0 bridgehead atoms. The zero-order valence-electron chi connectivity index (χ0n) is 12.7. The summed E-state index contributed by atoms with van der Waals surface area (Å²) in [5, 5.41) is 0. The van der Waals surface area contributed by atoms with E-state index in [9.17, 15) is 18.0 Å². The van der Waals surface area contributed by atoms with Crippen molar-refractivity contribution in [1.82, 2.24) is 0 Å². The molecule has 1 amide bonds. The Bertz CT molecular complexity index is 540. The molecule has 1 aromatic carbocycles. The predicted molar refractivity (Wildman–Crippen MR) is 83.7 cm³/mol. The van der Waals surface area contributed by atoms with Gasteiger partial charge >= 0.3 is 6.36 Å². The standard InChI is InChI=1S/C15H19F3N2O2.ClH/c1-20(14(21)13-7-2-4-10(13)9-19)11-5-3-6-12(8-11)22-15(16,17)18;/h3,5-6,8,10,13H,2,4,7,9,19H2,1H3;1H/t10-,13-;/m1./s1. The zero-order chi connectivity index (χ0) is 16.3. The highest BCUT2D eigenvalue weighted by atomic mass is 35.5. The van der Waals surface area contributed by atoms with Crippen LogP contribution in [-0.4, -0.2) is 25.9 Å². The molecule has 0 radical (unpaired) electrons. The number of nitrogens with zero attached hydrogens (tertiary/aromatic N) is 1. The number of hydrogen-bond donors (Lipinski definition) is 1. The number of rotatable bonds is 4. The topological polar surface area (TPSA) is 55.6 Å². The summed E-state index contributed by atoms with van der Waals surface area (Å²) in [5.74, 6) is -0.477. The largest absolute Gasteiger partial charge is 0.573 e. The van der Waals surface area contributed by atoms with Gasteiger partial charge in [-0.25, -0.2) is 0 Å². The lowest BCUT2D eigenvalue weighted by atomic mass is 9.94. The molecule has 1 aliphatic rings. The van der Waals surface area contributed by atoms with Crippen molar-refractivity contribution >= 4 is 24.0 Å². The van der Waals surface area contributed by atoms with Crippen molar-refractivity contribution in [1.29, 1.82) is 0 Å². The maximum absolute atomic E-state index is 12.5. The maximum Gasteiger partial charge on any atom is 0.573 e. The van der Waals surface area contributed by atoms with Crippen LogP contribution in [0, 0.1) is 11.8 Å². The van der Waals surface area contributed by atoms with E-state index in [1.165, 1.54) is 23.1 Å². The summed E-state index contributed by atoms with van der Waals surface area (Å²) < 4.78 is 40.7. The molecule has 1 aliphatic carbocycles. The van der Waals surface area contributed by atoms with Gasteiger partial charge in [-0.05, 0) is 37.4 Å². The Balaban J connectivity index is 0.00000264. The SMILES string of the molecule is CN(C(=O)[C@@H]1CCC[C@@H]1CN)c1cccc(OC(F)(F)F)c1.Cl. The van der Waals surface area contributed by atoms with Crippen molar-refractivity contribution in [2.75, 3.05) is 18.5 Å². The average Bonchev–Trinajstić information content (AvgIpc) is 2.92. The second-order valence-electron chi connectivity index (χ2n) is 5.48. The van der Waals surface area contributed by atoms with Crippen molar-refractivity contribution in [2.45, 2.75) is 25.6 Å². The van der Waals surface area contributed by atoms with Crippen LogP contribution in [0.4, 0.5) is 18.9 Å². The molecule has 23 heavy (non-hydrogen) atoms. The van der Waals surface area contributed by atoms with Gasteiger partial charge in [0.25, 0.3) is 0 Å². The van der Waals surface area contributed by atoms with Crippen molar-refractivity contribution in [3.63, 3.8) is 0 Å². The predicted octanol–water partition coefficient (Wildman–Crippen LogP) is 3.34. The molecule has 0 spiro atoms. The second-order valence-corrected chi connectivity index (χ2v) is 5.48. The lowest BCUT2D eigenvalue weighted by Gasteiger charge is -2.25. The number of halogens is 4. The molecule has 1 fully saturated rings. The summed E-state index contributed by atoms with van der Waals surface area (Å²) in [6.45, 7) is 0.446. The van der Waals surface area contributed by atoms with Crippen molar-refractivity contribution in [2.24, 2.45) is 17.6 Å². The lowest BCUT2D eigenvalue weighted by Crippen LogP contribution is -2.36. The molecule has 130 valence electrons. The van der Waals surface area contributed by atoms with Crippen molar-refractivity contribution in [3.05, 3.63) is 24.3 Å². The number of carbonyl (C=O) groups excluding carboxylic acids is 1. The first-order valence-electron chi connectivity index (χ1n) is 7.15. The Kier molecular flexibility index (Phi) is 6.70. The van der Waals surface area contributed by atoms with Crippen LogP contribution in [0.1, 0.15) is 19.3 Å². The summed E-state index contributed by atoms with van der Waals surface area (Å²) in [5.41, 5.74) is 6.05. The fraction of sp³-hybridized carbons (Fsp3) is 0.533. The zero-order valence-corrected chi connectivity index (χ0v) is 13.5. The Labute approximate surface area is 139 Å². The third-order valence-corrected chi connectivity index (χ3v) is 4.05. The van der Waals surface area contributed by atoms with Crippen LogP contribution in [0.3, 0.4) is 0 Å². The van der Waals surface area contributed by atoms with Crippen LogP contribution in [0.2, 0.25) is 0 Å². The molecule has 0 unspecified atom stereocenters. The molecule has 1 aromatic rings. The summed E-state index contributed by atoms with van der Waals surface area (Å²) in [6, 6.07) is 5.41. The second kappa shape index (κ2) is 7.88. The number of anilines is 1. The van der Waals surface area contributed by atoms with Gasteiger partial charge in [-0.3, -0.25) is 4.79 Å². The Hall–Kier alpha value is -1.47. The normalized spacial score (nSPS) is 20.7. The average molecular weight is 353 g/mol. The van der Waals surface area contributed by atoms with Gasteiger partial charge in [0.2, 0.25) is 5.91 Å². The van der Waals surface area contributed by atoms with Crippen LogP contribution in [0.15, 0.2) is 24.3 Å². The van der Waals surface area contributed by atoms with Gasteiger partial charge in [-0.2, -0.15) is 0 Å². The van der Waals surface area contributed by atoms with E-state index in [0.717, 1.165) is 19.3 Å². The summed E-state index contributed by atoms with van der Waals surface area (Å²) >= 11 is 0. The van der Waals surface area contributed by atoms with Gasteiger partial charge in [0.05, 0.1) is 0 Å². The van der Waals surface area contributed by atoms with Crippen molar-refractivity contribution in [3.8, 4) is 5.75 Å². The number of nitrogens with two attached hydrogens (primary N) is 1. The number of ether oxygens (including phenoxy) is 1. The fourth-order valence-corrected chi connectivity index (χ4v) is 2.91. The number of hydrogen-bond acceptors (Lipinski definition) is 3. The number of carbonyl (C=O) groups is 1. The van der Waals surface area contributed by atoms with Crippen molar-refractivity contribution < 1.29 is 22.7 Å². The number of alkyl halides is 3. The van der Waals surface area contributed by atoms with E-state index in [4.69, 9.17) is 5.73 Å². The van der Waals surface area contributed by atoms with E-state index in [1.807, 2.05) is 0 Å². The summed E-state index contributed by atoms with van der Waals surface area (Å²) in [4.78, 5) is 13.9. The fourth-order valence-electron chi connectivity index (χ4n) is 2.91. The smallest absolute Gasteiger partial charge is 0.406 e. The summed E-state index contributed by atoms with van der Waals surface area (Å²) in [6.07, 6.45) is -2.12. The lowest BCUT2D eigenvalue weighted by molar-refractivity contribution is -0.274. The third-order valence-electron chi connectivity index (χ3n) is 4.05. The first kappa shape index (κ1) is 19.6. The van der Waals surface area contributed by atoms with E-state index in [0.29, 0.717) is 12.2 Å². The molecule has 4 nitrogen and oxygen atoms in total. The highest BCUT2D eigenvalue weighted by molar-refractivity contribution is 5.95. The van der Waals surface area contributed by atoms with Gasteiger partial charge in [0.15, 0.2) is 0 Å². The Morgan fingerprint density at radius 1 is 1.39 bits per heavy atom. The molecule has 2 N–H and O–H groups in total. The molecule has 0 aliphatic heterocycles. The highest BCUT2D eigenvalue weighted by Gasteiger charge is 2.34. The van der Waals surface area contributed by atoms with E-state index < -0.39 is 6.36 Å². The minimum Gasteiger partial charge on any atom is -0.406 e. The molecule has 8 heteroatoms. The minimum absolute atomic E-state index is 0. The van der Waals surface area contributed by atoms with Crippen LogP contribution in [0.5, 0.6) is 5.75 Å². The van der Waals surface area contributed by atoms with Crippen LogP contribution >= 0.6 is 12.4 Å². The first-order chi connectivity index (χ1) is 10.3. The monoisotopic (exact) mass is 352 g/mol. The van der Waals surface area contributed by atoms with E-state index in [-0.39, 0.29) is 35.9 Å². The molecule has 2 atom stereocenters. The van der Waals surface area contributed by atoms with Gasteiger partial charge < -0.3 is 15.4 Å². The summed E-state index contributed by atoms with van der Waals surface area (Å²) in [7, 11) is 1.56. The molecule has 0 saturated heterocycles. The molecule has 1 saturated carbocycles. The van der Waals surface area contributed by atoms with E-state index >= 15 is 0 Å². The van der Waals surface area contributed by atoms with Gasteiger partial charge in [0, 0.05) is 24.7 Å². The number of amides is 1. The highest BCUT2D eigenvalue weighted by Crippen LogP contribution is 2.34. The molecular formula is C15H20ClF3N2O2. The molecule has 0 heterocycles. The molecule has 2 rings (SSSR count). The van der Waals surface area contributed by atoms with Gasteiger partial charge in [-0.15, -0.1) is 25.6 Å². The quantitative estimate of drug-likeness (QED) is 0.904. The van der Waals surface area contributed by atoms with E-state index in [2.05, 4.69) is 4.74 Å². The van der Waals surface area contributed by atoms with Gasteiger partial charge in [0.1, 0.15) is 5.75 Å². The van der Waals surface area contributed by atoms with Crippen LogP contribution < -0.4 is 15.4 Å². The first-order valence-corrected chi connectivity index (χ1v) is 7.15. The maximum atomic E-state index is 12.5. The minimum atomic E-state index is -4.75. The third kappa shape index (κ3) is 5.00. The van der Waals surface area contributed by atoms with Crippen LogP contribution in [0.25, 0.3) is 0 Å². The van der Waals surface area contributed by atoms with Gasteiger partial charge in [-0.1, -0.05) is 12.5 Å².